The topological polar surface area (TPSA) is 74.6 Å². The van der Waals surface area contributed by atoms with Crippen molar-refractivity contribution in [3.05, 3.63) is 58.3 Å². The number of aromatic nitrogens is 1. The molecule has 2 N–H and O–H groups in total. The van der Waals surface area contributed by atoms with Gasteiger partial charge in [-0.1, -0.05) is 23.5 Å². The maximum absolute atomic E-state index is 11.0. The molecule has 0 amide bonds. The van der Waals surface area contributed by atoms with E-state index in [1.54, 1.807) is 28.7 Å². The molecule has 5 nitrogen and oxygen atoms in total. The highest BCUT2D eigenvalue weighted by Gasteiger charge is 2.11. The summed E-state index contributed by atoms with van der Waals surface area (Å²) in [5.41, 5.74) is 4.84. The molecule has 1 aromatic carbocycles. The van der Waals surface area contributed by atoms with Crippen molar-refractivity contribution in [3.63, 3.8) is 0 Å². The van der Waals surface area contributed by atoms with Crippen LogP contribution in [-0.4, -0.2) is 21.8 Å². The molecule has 4 aromatic rings. The summed E-state index contributed by atoms with van der Waals surface area (Å²) in [6, 6.07) is 15.4. The summed E-state index contributed by atoms with van der Waals surface area (Å²) in [6.07, 6.45) is 0. The molecular weight excluding hydrogens is 386 g/mol. The van der Waals surface area contributed by atoms with Crippen LogP contribution in [0.25, 0.3) is 20.0 Å². The number of hydrazone groups is 1. The molecule has 0 aliphatic heterocycles. The minimum absolute atomic E-state index is 0.345. The first-order valence-electron chi connectivity index (χ1n) is 7.70. The summed E-state index contributed by atoms with van der Waals surface area (Å²) in [5.74, 6) is -0.893. The summed E-state index contributed by atoms with van der Waals surface area (Å²) in [7, 11) is 0. The van der Waals surface area contributed by atoms with Crippen molar-refractivity contribution >= 4 is 61.0 Å². The molecule has 0 aliphatic rings. The molecule has 0 fully saturated rings. The predicted octanol–water partition coefficient (Wildman–Crippen LogP) is 5.62. The van der Waals surface area contributed by atoms with E-state index in [1.807, 2.05) is 49.4 Å². The maximum Gasteiger partial charge on any atom is 0.345 e. The van der Waals surface area contributed by atoms with Crippen molar-refractivity contribution in [2.24, 2.45) is 5.10 Å². The zero-order valence-corrected chi connectivity index (χ0v) is 16.0. The van der Waals surface area contributed by atoms with Crippen molar-refractivity contribution in [1.82, 2.24) is 4.98 Å². The smallest absolute Gasteiger partial charge is 0.345 e. The van der Waals surface area contributed by atoms with Crippen LogP contribution < -0.4 is 5.43 Å². The van der Waals surface area contributed by atoms with Crippen LogP contribution in [0.3, 0.4) is 0 Å². The lowest BCUT2D eigenvalue weighted by Gasteiger charge is -1.97. The lowest BCUT2D eigenvalue weighted by molar-refractivity contribution is 0.0702. The lowest BCUT2D eigenvalue weighted by atomic mass is 10.3. The van der Waals surface area contributed by atoms with E-state index in [-0.39, 0.29) is 0 Å². The molecule has 0 aliphatic carbocycles. The highest BCUT2D eigenvalue weighted by Crippen LogP contribution is 2.34. The predicted molar refractivity (Wildman–Crippen MR) is 110 cm³/mol. The van der Waals surface area contributed by atoms with E-state index < -0.39 is 5.97 Å². The highest BCUT2D eigenvalue weighted by atomic mass is 32.1. The average molecular weight is 400 g/mol. The van der Waals surface area contributed by atoms with Gasteiger partial charge in [-0.2, -0.15) is 5.10 Å². The van der Waals surface area contributed by atoms with Gasteiger partial charge in [0, 0.05) is 9.75 Å². The molecule has 3 heterocycles. The molecule has 26 heavy (non-hydrogen) atoms. The summed E-state index contributed by atoms with van der Waals surface area (Å²) < 4.78 is 1.12. The Labute approximate surface area is 161 Å². The van der Waals surface area contributed by atoms with Crippen molar-refractivity contribution in [1.29, 1.82) is 0 Å². The van der Waals surface area contributed by atoms with Crippen LogP contribution in [0, 0.1) is 0 Å². The van der Waals surface area contributed by atoms with Crippen molar-refractivity contribution in [3.8, 4) is 9.75 Å². The summed E-state index contributed by atoms with van der Waals surface area (Å²) in [6.45, 7) is 1.94. The second kappa shape index (κ2) is 6.99. The third kappa shape index (κ3) is 3.39. The van der Waals surface area contributed by atoms with E-state index in [2.05, 4.69) is 15.5 Å². The van der Waals surface area contributed by atoms with Gasteiger partial charge < -0.3 is 5.11 Å². The number of hydrogen-bond donors (Lipinski definition) is 2. The Morgan fingerprint density at radius 2 is 1.69 bits per heavy atom. The molecule has 3 aromatic heterocycles. The molecule has 0 spiro atoms. The first-order valence-corrected chi connectivity index (χ1v) is 10.1. The Hall–Kier alpha value is -2.55. The highest BCUT2D eigenvalue weighted by molar-refractivity contribution is 7.24. The average Bonchev–Trinajstić information content (AvgIpc) is 3.37. The zero-order chi connectivity index (χ0) is 18.1. The maximum atomic E-state index is 11.0. The second-order valence-corrected chi connectivity index (χ2v) is 8.63. The number of hydrogen-bond acceptors (Lipinski definition) is 7. The van der Waals surface area contributed by atoms with Crippen LogP contribution in [-0.2, 0) is 0 Å². The van der Waals surface area contributed by atoms with Crippen LogP contribution in [0.4, 0.5) is 5.13 Å². The number of thiophene rings is 2. The third-order valence-corrected chi connectivity index (χ3v) is 7.04. The van der Waals surface area contributed by atoms with E-state index in [0.717, 1.165) is 35.7 Å². The van der Waals surface area contributed by atoms with Gasteiger partial charge in [-0.05, 0) is 43.3 Å². The van der Waals surface area contributed by atoms with Crippen molar-refractivity contribution in [2.75, 3.05) is 5.43 Å². The number of carbonyl (C=O) groups is 1. The minimum atomic E-state index is -0.893. The first kappa shape index (κ1) is 16.9. The van der Waals surface area contributed by atoms with Gasteiger partial charge in [0.05, 0.1) is 20.8 Å². The standard InChI is InChI=1S/C18H13N3O2S3/c1-10(20-21-18-19-11-4-2-3-5-13(11)26-18)12-6-7-14(24-12)15-8-9-16(25-15)17(22)23/h2-9H,1H3,(H,19,21)(H,22,23)/b20-10+. The van der Waals surface area contributed by atoms with Gasteiger partial charge in [0.25, 0.3) is 0 Å². The van der Waals surface area contributed by atoms with Gasteiger partial charge in [0.15, 0.2) is 0 Å². The van der Waals surface area contributed by atoms with Crippen molar-refractivity contribution in [2.45, 2.75) is 6.92 Å². The van der Waals surface area contributed by atoms with Gasteiger partial charge in [0.1, 0.15) is 4.88 Å². The van der Waals surface area contributed by atoms with Gasteiger partial charge in [-0.25, -0.2) is 9.78 Å². The zero-order valence-electron chi connectivity index (χ0n) is 13.6. The molecular formula is C18H13N3O2S3. The number of aromatic carboxylic acids is 1. The van der Waals surface area contributed by atoms with Crippen LogP contribution in [0.5, 0.6) is 0 Å². The van der Waals surface area contributed by atoms with Crippen LogP contribution in [0.1, 0.15) is 21.5 Å². The lowest BCUT2D eigenvalue weighted by Crippen LogP contribution is -1.96. The number of carboxylic acid groups (broad SMARTS) is 1. The molecule has 0 saturated carbocycles. The normalized spacial score (nSPS) is 11.8. The van der Waals surface area contributed by atoms with E-state index >= 15 is 0 Å². The molecule has 0 unspecified atom stereocenters. The molecule has 0 atom stereocenters. The van der Waals surface area contributed by atoms with Gasteiger partial charge in [-0.3, -0.25) is 5.43 Å². The van der Waals surface area contributed by atoms with Gasteiger partial charge in [0.2, 0.25) is 5.13 Å². The number of benzene rings is 1. The minimum Gasteiger partial charge on any atom is -0.477 e. The second-order valence-electron chi connectivity index (χ2n) is 5.43. The fraction of sp³-hybridized carbons (Fsp3) is 0.0556. The van der Waals surface area contributed by atoms with Gasteiger partial charge in [-0.15, -0.1) is 22.7 Å². The summed E-state index contributed by atoms with van der Waals surface area (Å²) >= 11 is 4.43. The largest absolute Gasteiger partial charge is 0.477 e. The van der Waals surface area contributed by atoms with E-state index in [9.17, 15) is 4.79 Å². The number of nitrogens with one attached hydrogen (secondary N) is 1. The Morgan fingerprint density at radius 3 is 2.38 bits per heavy atom. The third-order valence-electron chi connectivity index (χ3n) is 3.64. The molecule has 0 radical (unpaired) electrons. The number of nitrogens with zero attached hydrogens (tertiary/aromatic N) is 2. The number of thiazole rings is 1. The fourth-order valence-corrected chi connectivity index (χ4v) is 5.05. The van der Waals surface area contributed by atoms with Gasteiger partial charge >= 0.3 is 5.97 Å². The van der Waals surface area contributed by atoms with E-state index in [4.69, 9.17) is 5.11 Å². The van der Waals surface area contributed by atoms with E-state index in [1.165, 1.54) is 11.3 Å². The molecule has 8 heteroatoms. The number of anilines is 1. The quantitative estimate of drug-likeness (QED) is 0.337. The number of para-hydroxylation sites is 1. The summed E-state index contributed by atoms with van der Waals surface area (Å²) in [5, 5.41) is 14.2. The molecule has 130 valence electrons. The molecule has 0 saturated heterocycles. The van der Waals surface area contributed by atoms with Crippen LogP contribution >= 0.6 is 34.0 Å². The number of fused-ring (bicyclic) bond motifs is 1. The van der Waals surface area contributed by atoms with Crippen molar-refractivity contribution < 1.29 is 9.90 Å². The number of rotatable bonds is 5. The van der Waals surface area contributed by atoms with Crippen LogP contribution in [0.2, 0.25) is 0 Å². The SMILES string of the molecule is C/C(=N\Nc1nc2ccccc2s1)c1ccc(-c2ccc(C(=O)O)s2)s1. The fourth-order valence-electron chi connectivity index (χ4n) is 2.36. The van der Waals surface area contributed by atoms with E-state index in [0.29, 0.717) is 4.88 Å². The molecule has 0 bridgehead atoms. The van der Waals surface area contributed by atoms with Crippen LogP contribution in [0.15, 0.2) is 53.6 Å². The first-order chi connectivity index (χ1) is 12.6. The monoisotopic (exact) mass is 399 g/mol. The summed E-state index contributed by atoms with van der Waals surface area (Å²) in [4.78, 5) is 18.9. The number of carboxylic acids is 1. The Bertz CT molecular complexity index is 1090. The Balaban J connectivity index is 1.52. The Kier molecular flexibility index (Phi) is 4.54. The Morgan fingerprint density at radius 1 is 1.00 bits per heavy atom. The molecule has 4 rings (SSSR count).